The van der Waals surface area contributed by atoms with Crippen LogP contribution >= 0.6 is 22.9 Å². The first-order valence-electron chi connectivity index (χ1n) is 10.4. The van der Waals surface area contributed by atoms with Crippen LogP contribution in [0.3, 0.4) is 0 Å². The van der Waals surface area contributed by atoms with E-state index in [0.29, 0.717) is 25.3 Å². The number of carbonyl (C=O) groups excluding carboxylic acids is 1. The van der Waals surface area contributed by atoms with Crippen LogP contribution in [-0.2, 0) is 0 Å². The van der Waals surface area contributed by atoms with Gasteiger partial charge < -0.3 is 14.5 Å². The van der Waals surface area contributed by atoms with E-state index < -0.39 is 0 Å². The number of aryl methyl sites for hydroxylation is 1. The summed E-state index contributed by atoms with van der Waals surface area (Å²) < 4.78 is 6.72. The highest BCUT2D eigenvalue weighted by Gasteiger charge is 2.24. The highest BCUT2D eigenvalue weighted by Crippen LogP contribution is 2.35. The summed E-state index contributed by atoms with van der Waals surface area (Å²) in [6.45, 7) is 7.78. The SMILES string of the molecule is CCCCOc1ccc(C(=O)N2CCN(c3nc4c(C)ccc(Cl)c4s3)CC2)cc1. The second-order valence-electron chi connectivity index (χ2n) is 7.54. The monoisotopic (exact) mass is 443 g/mol. The molecule has 0 saturated carbocycles. The first-order valence-corrected chi connectivity index (χ1v) is 11.6. The van der Waals surface area contributed by atoms with Gasteiger partial charge in [-0.2, -0.15) is 0 Å². The lowest BCUT2D eigenvalue weighted by atomic mass is 10.1. The molecule has 1 amide bonds. The van der Waals surface area contributed by atoms with E-state index in [-0.39, 0.29) is 5.91 Å². The summed E-state index contributed by atoms with van der Waals surface area (Å²) in [5.41, 5.74) is 2.81. The molecule has 158 valence electrons. The topological polar surface area (TPSA) is 45.7 Å². The van der Waals surface area contributed by atoms with Crippen LogP contribution in [0.4, 0.5) is 5.13 Å². The lowest BCUT2D eigenvalue weighted by Gasteiger charge is -2.34. The highest BCUT2D eigenvalue weighted by molar-refractivity contribution is 7.22. The van der Waals surface area contributed by atoms with Gasteiger partial charge in [0.15, 0.2) is 5.13 Å². The second-order valence-corrected chi connectivity index (χ2v) is 8.93. The molecule has 0 radical (unpaired) electrons. The molecular formula is C23H26ClN3O2S. The molecule has 1 aliphatic heterocycles. The Bertz CT molecular complexity index is 988. The first-order chi connectivity index (χ1) is 14.6. The molecule has 0 atom stereocenters. The number of amides is 1. The molecule has 1 aliphatic rings. The quantitative estimate of drug-likeness (QED) is 0.478. The smallest absolute Gasteiger partial charge is 0.253 e. The molecule has 0 unspecified atom stereocenters. The Kier molecular flexibility index (Phi) is 6.44. The Hall–Kier alpha value is -2.31. The normalized spacial score (nSPS) is 14.4. The Morgan fingerprint density at radius 2 is 1.87 bits per heavy atom. The number of hydrogen-bond acceptors (Lipinski definition) is 5. The van der Waals surface area contributed by atoms with Crippen molar-refractivity contribution in [2.75, 3.05) is 37.7 Å². The highest BCUT2D eigenvalue weighted by atomic mass is 35.5. The van der Waals surface area contributed by atoms with Gasteiger partial charge in [-0.1, -0.05) is 42.3 Å². The molecule has 0 bridgehead atoms. The minimum Gasteiger partial charge on any atom is -0.494 e. The summed E-state index contributed by atoms with van der Waals surface area (Å²) in [6.07, 6.45) is 2.14. The molecule has 0 aliphatic carbocycles. The van der Waals surface area contributed by atoms with Crippen molar-refractivity contribution < 1.29 is 9.53 Å². The molecule has 2 heterocycles. The van der Waals surface area contributed by atoms with Crippen molar-refractivity contribution in [2.24, 2.45) is 0 Å². The van der Waals surface area contributed by atoms with Crippen LogP contribution in [0.2, 0.25) is 5.02 Å². The molecular weight excluding hydrogens is 418 g/mol. The maximum Gasteiger partial charge on any atom is 0.253 e. The number of nitrogens with zero attached hydrogens (tertiary/aromatic N) is 3. The predicted octanol–water partition coefficient (Wildman–Crippen LogP) is 5.40. The van der Waals surface area contributed by atoms with Crippen LogP contribution in [0.15, 0.2) is 36.4 Å². The number of aromatic nitrogens is 1. The fourth-order valence-electron chi connectivity index (χ4n) is 3.54. The van der Waals surface area contributed by atoms with Crippen LogP contribution in [0.5, 0.6) is 5.75 Å². The lowest BCUT2D eigenvalue weighted by molar-refractivity contribution is 0.0746. The van der Waals surface area contributed by atoms with Gasteiger partial charge in [0.05, 0.1) is 21.8 Å². The third kappa shape index (κ3) is 4.40. The molecule has 0 N–H and O–H groups in total. The number of hydrogen-bond donors (Lipinski definition) is 0. The van der Waals surface area contributed by atoms with E-state index in [9.17, 15) is 4.79 Å². The average Bonchev–Trinajstić information content (AvgIpc) is 3.24. The maximum atomic E-state index is 12.9. The molecule has 1 saturated heterocycles. The van der Waals surface area contributed by atoms with Crippen LogP contribution in [0.1, 0.15) is 35.7 Å². The standard InChI is InChI=1S/C23H26ClN3O2S/c1-3-4-15-29-18-8-6-17(7-9-18)22(28)26-11-13-27(14-12-26)23-25-20-16(2)5-10-19(24)21(20)30-23/h5-10H,3-4,11-15H2,1-2H3. The van der Waals surface area contributed by atoms with Gasteiger partial charge >= 0.3 is 0 Å². The third-order valence-corrected chi connectivity index (χ3v) is 6.97. The number of thiazole rings is 1. The number of piperazine rings is 1. The van der Waals surface area contributed by atoms with E-state index in [4.69, 9.17) is 21.3 Å². The number of benzene rings is 2. The summed E-state index contributed by atoms with van der Waals surface area (Å²) >= 11 is 7.98. The van der Waals surface area contributed by atoms with Gasteiger partial charge in [0.2, 0.25) is 0 Å². The third-order valence-electron chi connectivity index (χ3n) is 5.39. The van der Waals surface area contributed by atoms with E-state index in [0.717, 1.165) is 57.6 Å². The van der Waals surface area contributed by atoms with Crippen molar-refractivity contribution in [1.82, 2.24) is 9.88 Å². The molecule has 30 heavy (non-hydrogen) atoms. The zero-order valence-corrected chi connectivity index (χ0v) is 18.9. The van der Waals surface area contributed by atoms with Gasteiger partial charge in [0, 0.05) is 31.7 Å². The summed E-state index contributed by atoms with van der Waals surface area (Å²) in [5.74, 6) is 0.882. The van der Waals surface area contributed by atoms with Crippen molar-refractivity contribution in [1.29, 1.82) is 0 Å². The van der Waals surface area contributed by atoms with Gasteiger partial charge in [-0.15, -0.1) is 0 Å². The number of unbranched alkanes of at least 4 members (excludes halogenated alkanes) is 1. The summed E-state index contributed by atoms with van der Waals surface area (Å²) in [4.78, 5) is 21.8. The zero-order chi connectivity index (χ0) is 21.1. The fraction of sp³-hybridized carbons (Fsp3) is 0.391. The minimum atomic E-state index is 0.0675. The largest absolute Gasteiger partial charge is 0.494 e. The van der Waals surface area contributed by atoms with Gasteiger partial charge in [0.1, 0.15) is 5.75 Å². The number of carbonyl (C=O) groups is 1. The zero-order valence-electron chi connectivity index (χ0n) is 17.4. The van der Waals surface area contributed by atoms with Crippen molar-refractivity contribution in [3.05, 3.63) is 52.5 Å². The Morgan fingerprint density at radius 3 is 2.53 bits per heavy atom. The van der Waals surface area contributed by atoms with Crippen molar-refractivity contribution >= 4 is 44.2 Å². The van der Waals surface area contributed by atoms with Crippen LogP contribution < -0.4 is 9.64 Å². The number of ether oxygens (including phenoxy) is 1. The predicted molar refractivity (Wildman–Crippen MR) is 124 cm³/mol. The minimum absolute atomic E-state index is 0.0675. The number of fused-ring (bicyclic) bond motifs is 1. The lowest BCUT2D eigenvalue weighted by Crippen LogP contribution is -2.48. The molecule has 1 fully saturated rings. The van der Waals surface area contributed by atoms with Gasteiger partial charge in [-0.3, -0.25) is 4.79 Å². The van der Waals surface area contributed by atoms with E-state index in [1.807, 2.05) is 41.3 Å². The molecule has 4 rings (SSSR count). The van der Waals surface area contributed by atoms with E-state index in [1.165, 1.54) is 0 Å². The molecule has 1 aromatic heterocycles. The van der Waals surface area contributed by atoms with E-state index >= 15 is 0 Å². The van der Waals surface area contributed by atoms with E-state index in [2.05, 4.69) is 18.7 Å². The fourth-order valence-corrected chi connectivity index (χ4v) is 4.91. The molecule has 2 aromatic carbocycles. The Labute approximate surface area is 186 Å². The first kappa shape index (κ1) is 20.9. The number of anilines is 1. The molecule has 3 aromatic rings. The van der Waals surface area contributed by atoms with Gasteiger partial charge in [-0.05, 0) is 49.2 Å². The Balaban J connectivity index is 1.38. The van der Waals surface area contributed by atoms with Gasteiger partial charge in [0.25, 0.3) is 5.91 Å². The Morgan fingerprint density at radius 1 is 1.13 bits per heavy atom. The van der Waals surface area contributed by atoms with E-state index in [1.54, 1.807) is 11.3 Å². The average molecular weight is 444 g/mol. The van der Waals surface area contributed by atoms with Crippen LogP contribution in [0, 0.1) is 6.92 Å². The van der Waals surface area contributed by atoms with Crippen LogP contribution in [0.25, 0.3) is 10.2 Å². The maximum absolute atomic E-state index is 12.9. The second kappa shape index (κ2) is 9.23. The van der Waals surface area contributed by atoms with Crippen LogP contribution in [-0.4, -0.2) is 48.6 Å². The summed E-state index contributed by atoms with van der Waals surface area (Å²) in [6, 6.07) is 11.4. The summed E-state index contributed by atoms with van der Waals surface area (Å²) in [7, 11) is 0. The molecule has 7 heteroatoms. The van der Waals surface area contributed by atoms with Crippen molar-refractivity contribution in [2.45, 2.75) is 26.7 Å². The molecule has 0 spiro atoms. The van der Waals surface area contributed by atoms with Crippen molar-refractivity contribution in [3.63, 3.8) is 0 Å². The van der Waals surface area contributed by atoms with Crippen molar-refractivity contribution in [3.8, 4) is 5.75 Å². The van der Waals surface area contributed by atoms with Gasteiger partial charge in [-0.25, -0.2) is 4.98 Å². The number of halogens is 1. The molecule has 5 nitrogen and oxygen atoms in total. The summed E-state index contributed by atoms with van der Waals surface area (Å²) in [5, 5.41) is 1.72. The number of rotatable bonds is 6.